The molecule has 0 atom stereocenters. The summed E-state index contributed by atoms with van der Waals surface area (Å²) in [6.07, 6.45) is 0. The van der Waals surface area contributed by atoms with E-state index in [1.54, 1.807) is 0 Å². The summed E-state index contributed by atoms with van der Waals surface area (Å²) in [6, 6.07) is 16.5. The number of hydrogen-bond acceptors (Lipinski definition) is 2. The topological polar surface area (TPSA) is 48.1 Å². The molecule has 2 aromatic carbocycles. The number of aryl methyl sites for hydroxylation is 2. The number of nitrogens with one attached hydrogen (secondary N) is 2. The van der Waals surface area contributed by atoms with Crippen LogP contribution in [0.25, 0.3) is 10.9 Å². The lowest BCUT2D eigenvalue weighted by Crippen LogP contribution is -2.32. The highest BCUT2D eigenvalue weighted by molar-refractivity contribution is 5.98. The molecule has 0 aliphatic heterocycles. The number of amides is 1. The normalized spacial score (nSPS) is 11.2. The molecule has 0 aliphatic carbocycles. The highest BCUT2D eigenvalue weighted by Gasteiger charge is 2.11. The van der Waals surface area contributed by atoms with E-state index in [9.17, 15) is 4.79 Å². The summed E-state index contributed by atoms with van der Waals surface area (Å²) in [5.74, 6) is -0.0543. The lowest BCUT2D eigenvalue weighted by atomic mass is 10.1. The van der Waals surface area contributed by atoms with E-state index < -0.39 is 0 Å². The quantitative estimate of drug-likeness (QED) is 0.722. The molecule has 1 amide bonds. The van der Waals surface area contributed by atoms with Crippen molar-refractivity contribution >= 4 is 16.8 Å². The van der Waals surface area contributed by atoms with Crippen molar-refractivity contribution in [2.45, 2.75) is 20.4 Å². The fourth-order valence-electron chi connectivity index (χ4n) is 3.15. The first-order chi connectivity index (χ1) is 12.0. The van der Waals surface area contributed by atoms with Crippen molar-refractivity contribution in [2.75, 3.05) is 20.1 Å². The van der Waals surface area contributed by atoms with E-state index in [0.29, 0.717) is 12.2 Å². The molecule has 2 N–H and O–H groups in total. The van der Waals surface area contributed by atoms with Crippen LogP contribution in [-0.2, 0) is 6.54 Å². The second kappa shape index (κ2) is 7.53. The van der Waals surface area contributed by atoms with Gasteiger partial charge in [0.15, 0.2) is 0 Å². The Morgan fingerprint density at radius 1 is 1.12 bits per heavy atom. The third kappa shape index (κ3) is 4.28. The van der Waals surface area contributed by atoms with Crippen LogP contribution in [-0.4, -0.2) is 35.9 Å². The van der Waals surface area contributed by atoms with Gasteiger partial charge in [0.05, 0.1) is 0 Å². The zero-order chi connectivity index (χ0) is 17.8. The molecule has 0 aliphatic rings. The number of aromatic amines is 1. The van der Waals surface area contributed by atoms with Gasteiger partial charge in [-0.15, -0.1) is 0 Å². The highest BCUT2D eigenvalue weighted by atomic mass is 16.1. The van der Waals surface area contributed by atoms with Crippen molar-refractivity contribution in [3.63, 3.8) is 0 Å². The van der Waals surface area contributed by atoms with Crippen molar-refractivity contribution in [1.82, 2.24) is 15.2 Å². The van der Waals surface area contributed by atoms with E-state index >= 15 is 0 Å². The number of benzene rings is 2. The van der Waals surface area contributed by atoms with Crippen molar-refractivity contribution in [3.8, 4) is 0 Å². The molecule has 4 nitrogen and oxygen atoms in total. The predicted molar refractivity (Wildman–Crippen MR) is 103 cm³/mol. The first-order valence-corrected chi connectivity index (χ1v) is 8.63. The zero-order valence-corrected chi connectivity index (χ0v) is 15.1. The average molecular weight is 335 g/mol. The fraction of sp³-hybridized carbons (Fsp3) is 0.286. The lowest BCUT2D eigenvalue weighted by molar-refractivity contribution is 0.0945. The maximum Gasteiger partial charge on any atom is 0.267 e. The van der Waals surface area contributed by atoms with Crippen molar-refractivity contribution in [2.24, 2.45) is 0 Å². The number of carbonyl (C=O) groups excluding carboxylic acids is 1. The minimum Gasteiger partial charge on any atom is -0.351 e. The van der Waals surface area contributed by atoms with Gasteiger partial charge in [-0.05, 0) is 49.7 Å². The van der Waals surface area contributed by atoms with Crippen LogP contribution in [0.1, 0.15) is 27.2 Å². The number of hydrogen-bond donors (Lipinski definition) is 2. The van der Waals surface area contributed by atoms with E-state index in [2.05, 4.69) is 60.4 Å². The first-order valence-electron chi connectivity index (χ1n) is 8.63. The average Bonchev–Trinajstić information content (AvgIpc) is 3.00. The SMILES string of the molecule is Cc1cc(C)c2cc(C(=O)NCCN(C)Cc3ccccc3)[nH]c2c1. The van der Waals surface area contributed by atoms with Crippen molar-refractivity contribution in [3.05, 3.63) is 70.9 Å². The van der Waals surface area contributed by atoms with Crippen LogP contribution in [0.5, 0.6) is 0 Å². The molecule has 0 saturated carbocycles. The predicted octanol–water partition coefficient (Wildman–Crippen LogP) is 3.65. The van der Waals surface area contributed by atoms with Crippen molar-refractivity contribution in [1.29, 1.82) is 0 Å². The molecule has 1 heterocycles. The number of carbonyl (C=O) groups is 1. The summed E-state index contributed by atoms with van der Waals surface area (Å²) < 4.78 is 0. The Morgan fingerprint density at radius 3 is 2.64 bits per heavy atom. The van der Waals surface area contributed by atoms with Crippen LogP contribution < -0.4 is 5.32 Å². The molecule has 4 heteroatoms. The van der Waals surface area contributed by atoms with Gasteiger partial charge in [-0.3, -0.25) is 4.79 Å². The maximum absolute atomic E-state index is 12.4. The number of aromatic nitrogens is 1. The van der Waals surface area contributed by atoms with Gasteiger partial charge in [0, 0.05) is 30.5 Å². The third-order valence-corrected chi connectivity index (χ3v) is 4.41. The Bertz CT molecular complexity index is 867. The van der Waals surface area contributed by atoms with Crippen LogP contribution in [0.15, 0.2) is 48.5 Å². The van der Waals surface area contributed by atoms with Crippen LogP contribution >= 0.6 is 0 Å². The Morgan fingerprint density at radius 2 is 1.88 bits per heavy atom. The van der Waals surface area contributed by atoms with E-state index in [1.807, 2.05) is 24.3 Å². The number of H-pyrrole nitrogens is 1. The largest absolute Gasteiger partial charge is 0.351 e. The molecule has 0 fully saturated rings. The number of fused-ring (bicyclic) bond motifs is 1. The van der Waals surface area contributed by atoms with Crippen LogP contribution in [0.2, 0.25) is 0 Å². The minimum absolute atomic E-state index is 0.0543. The van der Waals surface area contributed by atoms with Gasteiger partial charge in [-0.1, -0.05) is 36.4 Å². The van der Waals surface area contributed by atoms with Gasteiger partial charge in [-0.25, -0.2) is 0 Å². The lowest BCUT2D eigenvalue weighted by Gasteiger charge is -2.16. The van der Waals surface area contributed by atoms with E-state index in [4.69, 9.17) is 0 Å². The Labute approximate surface area is 148 Å². The minimum atomic E-state index is -0.0543. The Kier molecular flexibility index (Phi) is 5.19. The molecule has 130 valence electrons. The van der Waals surface area contributed by atoms with Crippen LogP contribution in [0.3, 0.4) is 0 Å². The summed E-state index contributed by atoms with van der Waals surface area (Å²) in [5, 5.41) is 4.11. The van der Waals surface area contributed by atoms with Gasteiger partial charge in [0.1, 0.15) is 5.69 Å². The number of nitrogens with zero attached hydrogens (tertiary/aromatic N) is 1. The molecule has 0 radical (unpaired) electrons. The number of rotatable bonds is 6. The molecule has 0 unspecified atom stereocenters. The maximum atomic E-state index is 12.4. The molecule has 0 spiro atoms. The molecular weight excluding hydrogens is 310 g/mol. The summed E-state index contributed by atoms with van der Waals surface area (Å²) in [6.45, 7) is 6.44. The smallest absolute Gasteiger partial charge is 0.267 e. The zero-order valence-electron chi connectivity index (χ0n) is 15.1. The summed E-state index contributed by atoms with van der Waals surface area (Å²) in [7, 11) is 2.06. The van der Waals surface area contributed by atoms with Gasteiger partial charge in [0.25, 0.3) is 5.91 Å². The highest BCUT2D eigenvalue weighted by Crippen LogP contribution is 2.21. The molecule has 0 saturated heterocycles. The summed E-state index contributed by atoms with van der Waals surface area (Å²) in [5.41, 5.74) is 5.30. The summed E-state index contributed by atoms with van der Waals surface area (Å²) in [4.78, 5) is 17.8. The Hall–Kier alpha value is -2.59. The van der Waals surface area contributed by atoms with E-state index in [-0.39, 0.29) is 5.91 Å². The van der Waals surface area contributed by atoms with Crippen LogP contribution in [0, 0.1) is 13.8 Å². The molecular formula is C21H25N3O. The number of likely N-dealkylation sites (N-methyl/N-ethyl adjacent to an activating group) is 1. The summed E-state index contributed by atoms with van der Waals surface area (Å²) >= 11 is 0. The molecule has 3 rings (SSSR count). The standard InChI is InChI=1S/C21H25N3O/c1-15-11-16(2)18-13-20(23-19(18)12-15)21(25)22-9-10-24(3)14-17-7-5-4-6-8-17/h4-8,11-13,23H,9-10,14H2,1-3H3,(H,22,25). The second-order valence-electron chi connectivity index (χ2n) is 6.71. The second-order valence-corrected chi connectivity index (χ2v) is 6.71. The van der Waals surface area contributed by atoms with E-state index in [1.165, 1.54) is 16.7 Å². The first kappa shape index (κ1) is 17.2. The fourth-order valence-corrected chi connectivity index (χ4v) is 3.15. The molecule has 0 bridgehead atoms. The third-order valence-electron chi connectivity index (χ3n) is 4.41. The monoisotopic (exact) mass is 335 g/mol. The van der Waals surface area contributed by atoms with E-state index in [0.717, 1.165) is 24.0 Å². The van der Waals surface area contributed by atoms with Crippen molar-refractivity contribution < 1.29 is 4.79 Å². The van der Waals surface area contributed by atoms with Crippen LogP contribution in [0.4, 0.5) is 0 Å². The molecule has 1 aromatic heterocycles. The molecule has 25 heavy (non-hydrogen) atoms. The van der Waals surface area contributed by atoms with Gasteiger partial charge < -0.3 is 15.2 Å². The van der Waals surface area contributed by atoms with Gasteiger partial charge >= 0.3 is 0 Å². The Balaban J connectivity index is 1.55. The van der Waals surface area contributed by atoms with Gasteiger partial charge in [-0.2, -0.15) is 0 Å². The van der Waals surface area contributed by atoms with Gasteiger partial charge in [0.2, 0.25) is 0 Å². The molecule has 3 aromatic rings.